The lowest BCUT2D eigenvalue weighted by molar-refractivity contribution is -0.136. The summed E-state index contributed by atoms with van der Waals surface area (Å²) in [6, 6.07) is 7.84. The van der Waals surface area contributed by atoms with Crippen molar-refractivity contribution in [3.63, 3.8) is 0 Å². The number of rotatable bonds is 3. The minimum atomic E-state index is -0.285. The summed E-state index contributed by atoms with van der Waals surface area (Å²) < 4.78 is 0. The Morgan fingerprint density at radius 1 is 1.32 bits per heavy atom. The Hall–Kier alpha value is -1.06. The fraction of sp³-hybridized carbons (Fsp3) is 0.533. The summed E-state index contributed by atoms with van der Waals surface area (Å²) in [5, 5.41) is 0.737. The number of carbonyl (C=O) groups is 1. The summed E-state index contributed by atoms with van der Waals surface area (Å²) in [6.45, 7) is 0.0443. The SMILES string of the molecule is CN(C(=O)CN)C1(c2ccccc2Cl)CCCCC1. The second kappa shape index (κ2) is 5.93. The molecule has 1 aliphatic rings. The molecule has 1 aliphatic carbocycles. The van der Waals surface area contributed by atoms with E-state index < -0.39 is 0 Å². The first kappa shape index (κ1) is 14.4. The predicted molar refractivity (Wildman–Crippen MR) is 78.0 cm³/mol. The average Bonchev–Trinajstić information content (AvgIpc) is 2.46. The second-order valence-corrected chi connectivity index (χ2v) is 5.64. The first-order valence-corrected chi connectivity index (χ1v) is 7.21. The Labute approximate surface area is 119 Å². The summed E-state index contributed by atoms with van der Waals surface area (Å²) in [7, 11) is 1.85. The van der Waals surface area contributed by atoms with Crippen LogP contribution in [0.25, 0.3) is 0 Å². The molecule has 1 fully saturated rings. The number of nitrogens with zero attached hydrogens (tertiary/aromatic N) is 1. The van der Waals surface area contributed by atoms with Gasteiger partial charge in [0.05, 0.1) is 12.1 Å². The molecule has 1 aromatic carbocycles. The Bertz CT molecular complexity index is 455. The normalized spacial score (nSPS) is 18.1. The van der Waals surface area contributed by atoms with Crippen LogP contribution in [0.4, 0.5) is 0 Å². The molecule has 1 amide bonds. The zero-order chi connectivity index (χ0) is 13.9. The fourth-order valence-electron chi connectivity index (χ4n) is 3.14. The number of amides is 1. The van der Waals surface area contributed by atoms with E-state index in [0.29, 0.717) is 0 Å². The molecule has 0 atom stereocenters. The highest BCUT2D eigenvalue weighted by Gasteiger charge is 2.40. The Balaban J connectivity index is 2.46. The number of benzene rings is 1. The van der Waals surface area contributed by atoms with E-state index in [9.17, 15) is 4.79 Å². The van der Waals surface area contributed by atoms with Gasteiger partial charge in [-0.05, 0) is 24.5 Å². The molecule has 0 heterocycles. The fourth-order valence-corrected chi connectivity index (χ4v) is 3.45. The van der Waals surface area contributed by atoms with Gasteiger partial charge in [-0.1, -0.05) is 49.1 Å². The summed E-state index contributed by atoms with van der Waals surface area (Å²) in [6.07, 6.45) is 5.37. The van der Waals surface area contributed by atoms with Crippen molar-refractivity contribution in [2.45, 2.75) is 37.6 Å². The van der Waals surface area contributed by atoms with Gasteiger partial charge in [-0.3, -0.25) is 4.79 Å². The quantitative estimate of drug-likeness (QED) is 0.925. The van der Waals surface area contributed by atoms with E-state index >= 15 is 0 Å². The van der Waals surface area contributed by atoms with E-state index in [-0.39, 0.29) is 18.0 Å². The third-order valence-corrected chi connectivity index (χ3v) is 4.58. The van der Waals surface area contributed by atoms with E-state index in [1.165, 1.54) is 6.42 Å². The zero-order valence-electron chi connectivity index (χ0n) is 11.4. The number of hydrogen-bond donors (Lipinski definition) is 1. The van der Waals surface area contributed by atoms with Crippen LogP contribution in [0.2, 0.25) is 5.02 Å². The lowest BCUT2D eigenvalue weighted by atomic mass is 9.75. The molecule has 0 saturated heterocycles. The Kier molecular flexibility index (Phi) is 4.48. The molecule has 104 valence electrons. The average molecular weight is 281 g/mol. The van der Waals surface area contributed by atoms with Gasteiger partial charge < -0.3 is 10.6 Å². The molecule has 0 spiro atoms. The van der Waals surface area contributed by atoms with Crippen molar-refractivity contribution in [2.75, 3.05) is 13.6 Å². The highest BCUT2D eigenvalue weighted by Crippen LogP contribution is 2.44. The van der Waals surface area contributed by atoms with Gasteiger partial charge in [-0.25, -0.2) is 0 Å². The maximum Gasteiger partial charge on any atom is 0.236 e. The van der Waals surface area contributed by atoms with Gasteiger partial charge in [0.1, 0.15) is 0 Å². The van der Waals surface area contributed by atoms with Gasteiger partial charge in [0, 0.05) is 12.1 Å². The predicted octanol–water partition coefficient (Wildman–Crippen LogP) is 2.92. The van der Waals surface area contributed by atoms with Crippen LogP contribution >= 0.6 is 11.6 Å². The molecule has 2 N–H and O–H groups in total. The van der Waals surface area contributed by atoms with Gasteiger partial charge in [0.2, 0.25) is 5.91 Å². The molecule has 3 nitrogen and oxygen atoms in total. The van der Waals surface area contributed by atoms with Crippen LogP contribution in [0, 0.1) is 0 Å². The number of hydrogen-bond acceptors (Lipinski definition) is 2. The first-order valence-electron chi connectivity index (χ1n) is 6.83. The largest absolute Gasteiger partial charge is 0.335 e. The maximum atomic E-state index is 12.1. The third kappa shape index (κ3) is 2.63. The topological polar surface area (TPSA) is 46.3 Å². The van der Waals surface area contributed by atoms with Crippen LogP contribution in [0.5, 0.6) is 0 Å². The molecule has 4 heteroatoms. The van der Waals surface area contributed by atoms with E-state index in [2.05, 4.69) is 0 Å². The minimum absolute atomic E-state index is 0.0261. The summed E-state index contributed by atoms with van der Waals surface area (Å²) >= 11 is 6.37. The smallest absolute Gasteiger partial charge is 0.236 e. The van der Waals surface area contributed by atoms with Crippen molar-refractivity contribution in [2.24, 2.45) is 5.73 Å². The molecule has 0 bridgehead atoms. The van der Waals surface area contributed by atoms with E-state index in [4.69, 9.17) is 17.3 Å². The van der Waals surface area contributed by atoms with Crippen molar-refractivity contribution in [1.29, 1.82) is 0 Å². The van der Waals surface area contributed by atoms with Gasteiger partial charge in [0.15, 0.2) is 0 Å². The Morgan fingerprint density at radius 3 is 2.53 bits per heavy atom. The van der Waals surface area contributed by atoms with E-state index in [1.54, 1.807) is 0 Å². The molecule has 2 rings (SSSR count). The van der Waals surface area contributed by atoms with Crippen LogP contribution in [0.15, 0.2) is 24.3 Å². The van der Waals surface area contributed by atoms with Crippen molar-refractivity contribution < 1.29 is 4.79 Å². The van der Waals surface area contributed by atoms with Gasteiger partial charge in [0.25, 0.3) is 0 Å². The highest BCUT2D eigenvalue weighted by atomic mass is 35.5. The van der Waals surface area contributed by atoms with Gasteiger partial charge in [-0.2, -0.15) is 0 Å². The van der Waals surface area contributed by atoms with Crippen LogP contribution < -0.4 is 5.73 Å². The van der Waals surface area contributed by atoms with Gasteiger partial charge in [-0.15, -0.1) is 0 Å². The molecule has 1 saturated carbocycles. The number of halogens is 1. The molecule has 0 radical (unpaired) electrons. The molecular weight excluding hydrogens is 260 g/mol. The van der Waals surface area contributed by atoms with Crippen molar-refractivity contribution in [1.82, 2.24) is 4.90 Å². The molecule has 0 unspecified atom stereocenters. The standard InChI is InChI=1S/C15H21ClN2O/c1-18(14(19)11-17)15(9-5-2-6-10-15)12-7-3-4-8-13(12)16/h3-4,7-8H,2,5-6,9-11,17H2,1H3. The lowest BCUT2D eigenvalue weighted by Crippen LogP contribution is -2.50. The number of likely N-dealkylation sites (N-methyl/N-ethyl adjacent to an activating group) is 1. The van der Waals surface area contributed by atoms with Crippen molar-refractivity contribution in [3.8, 4) is 0 Å². The molecule has 19 heavy (non-hydrogen) atoms. The maximum absolute atomic E-state index is 12.1. The van der Waals surface area contributed by atoms with Crippen LogP contribution in [0.3, 0.4) is 0 Å². The van der Waals surface area contributed by atoms with Gasteiger partial charge >= 0.3 is 0 Å². The van der Waals surface area contributed by atoms with Crippen LogP contribution in [0.1, 0.15) is 37.7 Å². The van der Waals surface area contributed by atoms with E-state index in [0.717, 1.165) is 36.3 Å². The number of carbonyl (C=O) groups excluding carboxylic acids is 1. The van der Waals surface area contributed by atoms with Crippen LogP contribution in [-0.2, 0) is 10.3 Å². The molecule has 0 aromatic heterocycles. The monoisotopic (exact) mass is 280 g/mol. The summed E-state index contributed by atoms with van der Waals surface area (Å²) in [4.78, 5) is 13.9. The zero-order valence-corrected chi connectivity index (χ0v) is 12.1. The summed E-state index contributed by atoms with van der Waals surface area (Å²) in [5.41, 5.74) is 6.30. The van der Waals surface area contributed by atoms with Crippen LogP contribution in [-0.4, -0.2) is 24.4 Å². The number of nitrogens with two attached hydrogens (primary N) is 1. The Morgan fingerprint density at radius 2 is 1.95 bits per heavy atom. The second-order valence-electron chi connectivity index (χ2n) is 5.23. The summed E-state index contributed by atoms with van der Waals surface area (Å²) in [5.74, 6) is -0.0261. The molecule has 1 aromatic rings. The first-order chi connectivity index (χ1) is 9.12. The van der Waals surface area contributed by atoms with Crippen molar-refractivity contribution in [3.05, 3.63) is 34.9 Å². The lowest BCUT2D eigenvalue weighted by Gasteiger charge is -2.45. The molecule has 0 aliphatic heterocycles. The molecular formula is C15H21ClN2O. The van der Waals surface area contributed by atoms with Crippen molar-refractivity contribution >= 4 is 17.5 Å². The van der Waals surface area contributed by atoms with E-state index in [1.807, 2.05) is 36.2 Å². The minimum Gasteiger partial charge on any atom is -0.335 e. The third-order valence-electron chi connectivity index (χ3n) is 4.25. The highest BCUT2D eigenvalue weighted by molar-refractivity contribution is 6.31.